The Kier molecular flexibility index (Phi) is 6.46. The van der Waals surface area contributed by atoms with Gasteiger partial charge in [-0.05, 0) is 62.3 Å². The molecule has 0 spiro atoms. The molecule has 1 saturated carbocycles. The summed E-state index contributed by atoms with van der Waals surface area (Å²) in [7, 11) is -7.19. The number of carbonyl (C=O) groups is 1. The van der Waals surface area contributed by atoms with E-state index in [4.69, 9.17) is 0 Å². The Bertz CT molecular complexity index is 902. The molecule has 28 heavy (non-hydrogen) atoms. The van der Waals surface area contributed by atoms with Crippen molar-refractivity contribution in [1.29, 1.82) is 0 Å². The van der Waals surface area contributed by atoms with Crippen LogP contribution >= 0.6 is 0 Å². The predicted octanol–water partition coefficient (Wildman–Crippen LogP) is 2.53. The van der Waals surface area contributed by atoms with Crippen molar-refractivity contribution in [3.05, 3.63) is 24.3 Å². The SMILES string of the molecule is O=C(O)[C@H]1CCCC(CS(=O)(=O)c2ccc(S(=O)(=O)N3CCCCC3)cc2)C1. The Balaban J connectivity index is 1.72. The average molecular weight is 430 g/mol. The molecule has 1 unspecified atom stereocenters. The second-order valence-electron chi connectivity index (χ2n) is 7.79. The van der Waals surface area contributed by atoms with E-state index in [1.165, 1.54) is 28.6 Å². The van der Waals surface area contributed by atoms with E-state index in [2.05, 4.69) is 0 Å². The molecule has 2 fully saturated rings. The van der Waals surface area contributed by atoms with Crippen LogP contribution in [0.15, 0.2) is 34.1 Å². The van der Waals surface area contributed by atoms with Crippen LogP contribution in [0.1, 0.15) is 44.9 Å². The summed E-state index contributed by atoms with van der Waals surface area (Å²) in [6.45, 7) is 0.990. The first-order chi connectivity index (χ1) is 13.2. The summed E-state index contributed by atoms with van der Waals surface area (Å²) in [5.74, 6) is -1.63. The molecule has 1 aromatic rings. The number of hydrogen-bond donors (Lipinski definition) is 1. The molecule has 1 aliphatic carbocycles. The summed E-state index contributed by atoms with van der Waals surface area (Å²) in [4.78, 5) is 11.4. The predicted molar refractivity (Wildman–Crippen MR) is 104 cm³/mol. The fourth-order valence-electron chi connectivity index (χ4n) is 4.15. The molecule has 1 aliphatic heterocycles. The first-order valence-electron chi connectivity index (χ1n) is 9.76. The van der Waals surface area contributed by atoms with Gasteiger partial charge in [0.1, 0.15) is 0 Å². The van der Waals surface area contributed by atoms with Crippen LogP contribution in [-0.4, -0.2) is 51.1 Å². The maximum atomic E-state index is 12.7. The third kappa shape index (κ3) is 4.75. The third-order valence-electron chi connectivity index (χ3n) is 5.72. The standard InChI is InChI=1S/C19H27NO6S2/c21-19(22)16-6-4-5-15(13-16)14-27(23,24)17-7-9-18(10-8-17)28(25,26)20-11-2-1-3-12-20/h7-10,15-16H,1-6,11-14H2,(H,21,22)/t15?,16-/m0/s1. The van der Waals surface area contributed by atoms with E-state index < -0.39 is 31.7 Å². The largest absolute Gasteiger partial charge is 0.481 e. The minimum absolute atomic E-state index is 0.0857. The van der Waals surface area contributed by atoms with Gasteiger partial charge in [0, 0.05) is 13.1 Å². The van der Waals surface area contributed by atoms with Gasteiger partial charge in [-0.15, -0.1) is 0 Å². The van der Waals surface area contributed by atoms with Crippen LogP contribution in [0.5, 0.6) is 0 Å². The summed E-state index contributed by atoms with van der Waals surface area (Å²) >= 11 is 0. The first kappa shape index (κ1) is 21.3. The monoisotopic (exact) mass is 429 g/mol. The van der Waals surface area contributed by atoms with E-state index in [-0.39, 0.29) is 21.5 Å². The molecule has 0 radical (unpaired) electrons. The summed E-state index contributed by atoms with van der Waals surface area (Å²) in [6.07, 6.45) is 5.07. The minimum atomic E-state index is -3.60. The van der Waals surface area contributed by atoms with Crippen molar-refractivity contribution in [2.24, 2.45) is 11.8 Å². The second-order valence-corrected chi connectivity index (χ2v) is 11.8. The first-order valence-corrected chi connectivity index (χ1v) is 12.8. The lowest BCUT2D eigenvalue weighted by atomic mass is 9.82. The van der Waals surface area contributed by atoms with Crippen LogP contribution in [0.2, 0.25) is 0 Å². The summed E-state index contributed by atoms with van der Waals surface area (Å²) in [5.41, 5.74) is 0. The highest BCUT2D eigenvalue weighted by atomic mass is 32.2. The minimum Gasteiger partial charge on any atom is -0.481 e. The van der Waals surface area contributed by atoms with Crippen LogP contribution < -0.4 is 0 Å². The number of carboxylic acid groups (broad SMARTS) is 1. The molecule has 9 heteroatoms. The molecule has 2 atom stereocenters. The van der Waals surface area contributed by atoms with Crippen molar-refractivity contribution >= 4 is 25.8 Å². The fourth-order valence-corrected chi connectivity index (χ4v) is 7.33. The topological polar surface area (TPSA) is 109 Å². The van der Waals surface area contributed by atoms with Crippen molar-refractivity contribution < 1.29 is 26.7 Å². The van der Waals surface area contributed by atoms with E-state index in [1.807, 2.05) is 0 Å². The van der Waals surface area contributed by atoms with Crippen molar-refractivity contribution in [2.75, 3.05) is 18.8 Å². The molecule has 0 amide bonds. The van der Waals surface area contributed by atoms with E-state index >= 15 is 0 Å². The van der Waals surface area contributed by atoms with Gasteiger partial charge < -0.3 is 5.11 Å². The van der Waals surface area contributed by atoms with Crippen LogP contribution in [-0.2, 0) is 24.7 Å². The van der Waals surface area contributed by atoms with Crippen molar-refractivity contribution in [2.45, 2.75) is 54.7 Å². The van der Waals surface area contributed by atoms with E-state index in [0.717, 1.165) is 19.3 Å². The maximum Gasteiger partial charge on any atom is 0.306 e. The van der Waals surface area contributed by atoms with Crippen LogP contribution in [0.4, 0.5) is 0 Å². The lowest BCUT2D eigenvalue weighted by Crippen LogP contribution is -2.35. The lowest BCUT2D eigenvalue weighted by Gasteiger charge is -2.26. The normalized spacial score (nSPS) is 24.7. The van der Waals surface area contributed by atoms with Gasteiger partial charge in [0.25, 0.3) is 0 Å². The number of aliphatic carboxylic acids is 1. The zero-order valence-electron chi connectivity index (χ0n) is 15.8. The zero-order valence-corrected chi connectivity index (χ0v) is 17.4. The lowest BCUT2D eigenvalue weighted by molar-refractivity contribution is -0.143. The number of benzene rings is 1. The smallest absolute Gasteiger partial charge is 0.306 e. The highest BCUT2D eigenvalue weighted by Gasteiger charge is 2.31. The Morgan fingerprint density at radius 2 is 1.54 bits per heavy atom. The Morgan fingerprint density at radius 3 is 2.14 bits per heavy atom. The van der Waals surface area contributed by atoms with Crippen molar-refractivity contribution in [3.8, 4) is 0 Å². The Hall–Kier alpha value is -1.45. The van der Waals surface area contributed by atoms with Gasteiger partial charge in [-0.3, -0.25) is 4.79 Å². The third-order valence-corrected chi connectivity index (χ3v) is 9.54. The molecule has 1 N–H and O–H groups in total. The van der Waals surface area contributed by atoms with E-state index in [0.29, 0.717) is 38.8 Å². The van der Waals surface area contributed by atoms with Crippen molar-refractivity contribution in [1.82, 2.24) is 4.31 Å². The second kappa shape index (κ2) is 8.51. The number of sulfone groups is 1. The number of carboxylic acids is 1. The summed E-state index contributed by atoms with van der Waals surface area (Å²) < 4.78 is 52.3. The van der Waals surface area contributed by atoms with Gasteiger partial charge in [0.2, 0.25) is 10.0 Å². The zero-order chi connectivity index (χ0) is 20.4. The molecular formula is C19H27NO6S2. The molecule has 2 aliphatic rings. The molecule has 1 saturated heterocycles. The van der Waals surface area contributed by atoms with E-state index in [1.54, 1.807) is 0 Å². The van der Waals surface area contributed by atoms with Gasteiger partial charge in [-0.2, -0.15) is 4.31 Å². The molecule has 1 heterocycles. The molecule has 0 aromatic heterocycles. The number of sulfonamides is 1. The van der Waals surface area contributed by atoms with Gasteiger partial charge in [0.05, 0.1) is 21.5 Å². The van der Waals surface area contributed by atoms with Crippen LogP contribution in [0.3, 0.4) is 0 Å². The molecule has 7 nitrogen and oxygen atoms in total. The van der Waals surface area contributed by atoms with E-state index in [9.17, 15) is 26.7 Å². The highest BCUT2D eigenvalue weighted by molar-refractivity contribution is 7.91. The van der Waals surface area contributed by atoms with Gasteiger partial charge in [-0.25, -0.2) is 16.8 Å². The summed E-state index contributed by atoms with van der Waals surface area (Å²) in [5, 5.41) is 9.18. The molecule has 156 valence electrons. The highest BCUT2D eigenvalue weighted by Crippen LogP contribution is 2.32. The molecular weight excluding hydrogens is 402 g/mol. The van der Waals surface area contributed by atoms with Gasteiger partial charge in [-0.1, -0.05) is 12.8 Å². The number of rotatable bonds is 6. The molecule has 1 aromatic carbocycles. The van der Waals surface area contributed by atoms with Crippen LogP contribution in [0.25, 0.3) is 0 Å². The Labute approximate surface area is 166 Å². The Morgan fingerprint density at radius 1 is 0.929 bits per heavy atom. The maximum absolute atomic E-state index is 12.7. The van der Waals surface area contributed by atoms with Gasteiger partial charge in [0.15, 0.2) is 9.84 Å². The summed E-state index contributed by atoms with van der Waals surface area (Å²) in [6, 6.07) is 5.42. The van der Waals surface area contributed by atoms with Crippen LogP contribution in [0, 0.1) is 11.8 Å². The van der Waals surface area contributed by atoms with Crippen molar-refractivity contribution in [3.63, 3.8) is 0 Å². The average Bonchev–Trinajstić information content (AvgIpc) is 2.68. The quantitative estimate of drug-likeness (QED) is 0.744. The molecule has 0 bridgehead atoms. The number of hydrogen-bond acceptors (Lipinski definition) is 5. The van der Waals surface area contributed by atoms with Gasteiger partial charge >= 0.3 is 5.97 Å². The number of nitrogens with zero attached hydrogens (tertiary/aromatic N) is 1. The number of piperidine rings is 1. The fraction of sp³-hybridized carbons (Fsp3) is 0.632. The molecule has 3 rings (SSSR count).